The number of pyridine rings is 1. The van der Waals surface area contributed by atoms with E-state index in [4.69, 9.17) is 4.74 Å². The summed E-state index contributed by atoms with van der Waals surface area (Å²) in [4.78, 5) is 32.0. The molecule has 0 saturated carbocycles. The lowest BCUT2D eigenvalue weighted by atomic mass is 9.87. The number of aromatic nitrogens is 1. The van der Waals surface area contributed by atoms with Gasteiger partial charge >= 0.3 is 0 Å². The molecule has 188 valence electrons. The zero-order chi connectivity index (χ0) is 25.7. The molecule has 0 radical (unpaired) electrons. The Bertz CT molecular complexity index is 1200. The summed E-state index contributed by atoms with van der Waals surface area (Å²) in [5.74, 6) is -0.106. The largest absolute Gasteiger partial charge is 0.481 e. The zero-order valence-electron chi connectivity index (χ0n) is 20.9. The molecule has 0 fully saturated rings. The monoisotopic (exact) mass is 489 g/mol. The van der Waals surface area contributed by atoms with E-state index in [1.807, 2.05) is 62.1 Å². The number of rotatable bonds is 8. The Morgan fingerprint density at radius 2 is 1.92 bits per heavy atom. The quantitative estimate of drug-likeness (QED) is 0.492. The number of benzene rings is 2. The van der Waals surface area contributed by atoms with Gasteiger partial charge in [0.05, 0.1) is 18.3 Å². The highest BCUT2D eigenvalue weighted by Gasteiger charge is 2.33. The van der Waals surface area contributed by atoms with Gasteiger partial charge in [0.25, 0.3) is 5.91 Å². The molecule has 2 amide bonds. The molecule has 0 bridgehead atoms. The van der Waals surface area contributed by atoms with Gasteiger partial charge in [-0.2, -0.15) is 0 Å². The molecule has 1 aliphatic heterocycles. The van der Waals surface area contributed by atoms with Crippen molar-refractivity contribution in [1.82, 2.24) is 15.2 Å². The van der Waals surface area contributed by atoms with Crippen molar-refractivity contribution in [1.29, 1.82) is 0 Å². The summed E-state index contributed by atoms with van der Waals surface area (Å²) >= 11 is 0. The molecule has 2 unspecified atom stereocenters. The Labute approximate surface area is 211 Å². The third-order valence-corrected chi connectivity index (χ3v) is 6.42. The van der Waals surface area contributed by atoms with Gasteiger partial charge in [-0.25, -0.2) is 4.39 Å². The van der Waals surface area contributed by atoms with Crippen LogP contribution in [-0.2, 0) is 22.6 Å². The van der Waals surface area contributed by atoms with Crippen molar-refractivity contribution in [2.75, 3.05) is 6.54 Å². The fourth-order valence-corrected chi connectivity index (χ4v) is 4.52. The minimum Gasteiger partial charge on any atom is -0.481 e. The second kappa shape index (κ2) is 11.3. The van der Waals surface area contributed by atoms with E-state index in [1.54, 1.807) is 18.3 Å². The normalized spacial score (nSPS) is 15.8. The molecule has 0 aliphatic carbocycles. The van der Waals surface area contributed by atoms with Crippen molar-refractivity contribution in [2.24, 2.45) is 5.92 Å². The number of amides is 2. The number of hydrogen-bond acceptors (Lipinski definition) is 4. The van der Waals surface area contributed by atoms with Crippen molar-refractivity contribution >= 4 is 11.8 Å². The molecule has 0 spiro atoms. The van der Waals surface area contributed by atoms with Crippen LogP contribution in [0.1, 0.15) is 55.6 Å². The maximum absolute atomic E-state index is 13.7. The second-order valence-corrected chi connectivity index (χ2v) is 9.30. The van der Waals surface area contributed by atoms with Gasteiger partial charge in [-0.15, -0.1) is 0 Å². The van der Waals surface area contributed by atoms with Crippen LogP contribution in [0.15, 0.2) is 66.9 Å². The van der Waals surface area contributed by atoms with Crippen molar-refractivity contribution in [2.45, 2.75) is 52.3 Å². The van der Waals surface area contributed by atoms with Gasteiger partial charge in [-0.3, -0.25) is 14.6 Å². The van der Waals surface area contributed by atoms with Gasteiger partial charge in [0.1, 0.15) is 11.6 Å². The van der Waals surface area contributed by atoms with Gasteiger partial charge in [0.2, 0.25) is 5.91 Å². The number of carbonyl (C=O) groups excluding carboxylic acids is 2. The van der Waals surface area contributed by atoms with Gasteiger partial charge in [-0.1, -0.05) is 45.0 Å². The third-order valence-electron chi connectivity index (χ3n) is 6.42. The van der Waals surface area contributed by atoms with Crippen LogP contribution >= 0.6 is 0 Å². The molecule has 1 N–H and O–H groups in total. The number of nitrogens with one attached hydrogen (secondary N) is 1. The number of nitrogens with zero attached hydrogens (tertiary/aromatic N) is 2. The van der Waals surface area contributed by atoms with Gasteiger partial charge in [0, 0.05) is 18.7 Å². The smallest absolute Gasteiger partial charge is 0.261 e. The topological polar surface area (TPSA) is 71.5 Å². The van der Waals surface area contributed by atoms with Crippen LogP contribution in [0.2, 0.25) is 0 Å². The van der Waals surface area contributed by atoms with E-state index < -0.39 is 6.10 Å². The first-order chi connectivity index (χ1) is 17.4. The van der Waals surface area contributed by atoms with Crippen LogP contribution in [0.5, 0.6) is 5.75 Å². The minimum atomic E-state index is -0.673. The highest BCUT2D eigenvalue weighted by Crippen LogP contribution is 2.38. The molecule has 3 aromatic rings. The first-order valence-corrected chi connectivity index (χ1v) is 12.4. The number of hydrogen-bond donors (Lipinski definition) is 1. The average molecular weight is 490 g/mol. The Kier molecular flexibility index (Phi) is 7.98. The number of halogens is 1. The summed E-state index contributed by atoms with van der Waals surface area (Å²) in [5, 5.41) is 2.89. The van der Waals surface area contributed by atoms with E-state index in [-0.39, 0.29) is 29.6 Å². The Morgan fingerprint density at radius 1 is 1.14 bits per heavy atom. The molecular formula is C29H32FN3O3. The predicted molar refractivity (Wildman–Crippen MR) is 136 cm³/mol. The molecule has 2 aromatic carbocycles. The van der Waals surface area contributed by atoms with Crippen molar-refractivity contribution in [3.05, 3.63) is 95.1 Å². The minimum absolute atomic E-state index is 0.0432. The summed E-state index contributed by atoms with van der Waals surface area (Å²) in [6.07, 6.45) is 2.22. The third kappa shape index (κ3) is 5.73. The SMILES string of the molecule is CCC(Oc1ccc2c(c1)C(c1ccc(F)cc1)N(C(=O)C(C)C)CC2)C(=O)NCc1ccccn1. The summed E-state index contributed by atoms with van der Waals surface area (Å²) < 4.78 is 19.8. The summed E-state index contributed by atoms with van der Waals surface area (Å²) in [5.41, 5.74) is 3.65. The predicted octanol–water partition coefficient (Wildman–Crippen LogP) is 4.82. The molecule has 36 heavy (non-hydrogen) atoms. The van der Waals surface area contributed by atoms with Crippen LogP contribution in [0, 0.1) is 11.7 Å². The summed E-state index contributed by atoms with van der Waals surface area (Å²) in [6.45, 7) is 6.57. The van der Waals surface area contributed by atoms with E-state index in [0.717, 1.165) is 22.4 Å². The van der Waals surface area contributed by atoms with Crippen LogP contribution in [0.3, 0.4) is 0 Å². The van der Waals surface area contributed by atoms with E-state index in [0.29, 0.717) is 31.7 Å². The fraction of sp³-hybridized carbons (Fsp3) is 0.345. The molecule has 1 aromatic heterocycles. The lowest BCUT2D eigenvalue weighted by Crippen LogP contribution is -2.42. The first kappa shape index (κ1) is 25.4. The molecule has 2 atom stereocenters. The van der Waals surface area contributed by atoms with Gasteiger partial charge in [0.15, 0.2) is 6.10 Å². The van der Waals surface area contributed by atoms with Crippen molar-refractivity contribution in [3.63, 3.8) is 0 Å². The van der Waals surface area contributed by atoms with E-state index in [9.17, 15) is 14.0 Å². The number of fused-ring (bicyclic) bond motifs is 1. The van der Waals surface area contributed by atoms with Crippen LogP contribution in [0.4, 0.5) is 4.39 Å². The standard InChI is InChI=1S/C29H32FN3O3/c1-4-26(28(34)32-18-23-7-5-6-15-31-23)36-24-13-10-20-14-16-33(29(35)19(2)3)27(25(20)17-24)21-8-11-22(30)12-9-21/h5-13,15,17,19,26-27H,4,14,16,18H2,1-3H3,(H,32,34). The fourth-order valence-electron chi connectivity index (χ4n) is 4.52. The van der Waals surface area contributed by atoms with Crippen LogP contribution < -0.4 is 10.1 Å². The molecule has 2 heterocycles. The van der Waals surface area contributed by atoms with Gasteiger partial charge in [-0.05, 0) is 65.9 Å². The maximum atomic E-state index is 13.7. The number of ether oxygens (including phenoxy) is 1. The molecule has 4 rings (SSSR count). The lowest BCUT2D eigenvalue weighted by molar-refractivity contribution is -0.136. The van der Waals surface area contributed by atoms with Gasteiger partial charge < -0.3 is 15.0 Å². The van der Waals surface area contributed by atoms with Crippen LogP contribution in [0.25, 0.3) is 0 Å². The highest BCUT2D eigenvalue weighted by molar-refractivity contribution is 5.81. The second-order valence-electron chi connectivity index (χ2n) is 9.30. The highest BCUT2D eigenvalue weighted by atomic mass is 19.1. The Hall–Kier alpha value is -3.74. The molecule has 0 saturated heterocycles. The van der Waals surface area contributed by atoms with Crippen LogP contribution in [-0.4, -0.2) is 34.3 Å². The lowest BCUT2D eigenvalue weighted by Gasteiger charge is -2.39. The summed E-state index contributed by atoms with van der Waals surface area (Å²) in [7, 11) is 0. The number of carbonyl (C=O) groups is 2. The zero-order valence-corrected chi connectivity index (χ0v) is 20.9. The molecular weight excluding hydrogens is 457 g/mol. The maximum Gasteiger partial charge on any atom is 0.261 e. The average Bonchev–Trinajstić information content (AvgIpc) is 2.90. The molecule has 7 heteroatoms. The molecule has 6 nitrogen and oxygen atoms in total. The van der Waals surface area contributed by atoms with E-state index in [1.165, 1.54) is 12.1 Å². The van der Waals surface area contributed by atoms with Crippen molar-refractivity contribution < 1.29 is 18.7 Å². The first-order valence-electron chi connectivity index (χ1n) is 12.4. The summed E-state index contributed by atoms with van der Waals surface area (Å²) in [6, 6.07) is 17.3. The van der Waals surface area contributed by atoms with Crippen molar-refractivity contribution in [3.8, 4) is 5.75 Å². The van der Waals surface area contributed by atoms with E-state index >= 15 is 0 Å². The Morgan fingerprint density at radius 3 is 2.58 bits per heavy atom. The van der Waals surface area contributed by atoms with E-state index in [2.05, 4.69) is 10.3 Å². The molecule has 1 aliphatic rings. The Balaban J connectivity index is 1.59.